The molecule has 1 rings (SSSR count). The highest BCUT2D eigenvalue weighted by atomic mass is 32.2. The van der Waals surface area contributed by atoms with Gasteiger partial charge in [-0.2, -0.15) is 4.31 Å². The number of carbonyl (C=O) groups excluding carboxylic acids is 1. The first-order valence-corrected chi connectivity index (χ1v) is 7.57. The molecule has 0 heterocycles. The molecule has 0 saturated carbocycles. The fourth-order valence-electron chi connectivity index (χ4n) is 2.25. The summed E-state index contributed by atoms with van der Waals surface area (Å²) < 4.78 is 25.8. The van der Waals surface area contributed by atoms with Crippen molar-refractivity contribution in [3.63, 3.8) is 0 Å². The summed E-state index contributed by atoms with van der Waals surface area (Å²) in [5.41, 5.74) is 6.88. The third-order valence-electron chi connectivity index (χ3n) is 2.85. The third-order valence-corrected chi connectivity index (χ3v) is 4.94. The number of nitrogens with two attached hydrogens (primary N) is 1. The minimum atomic E-state index is -4.12. The van der Waals surface area contributed by atoms with Crippen molar-refractivity contribution in [1.82, 2.24) is 4.31 Å². The van der Waals surface area contributed by atoms with E-state index in [4.69, 9.17) is 10.8 Å². The van der Waals surface area contributed by atoms with Crippen molar-refractivity contribution in [3.05, 3.63) is 28.8 Å². The monoisotopic (exact) mass is 314 g/mol. The van der Waals surface area contributed by atoms with Crippen LogP contribution >= 0.6 is 0 Å². The molecule has 0 fully saturated rings. The number of carboxylic acid groups (broad SMARTS) is 1. The number of benzene rings is 1. The molecule has 116 valence electrons. The Kier molecular flexibility index (Phi) is 5.08. The number of hydrogen-bond acceptors (Lipinski definition) is 4. The number of nitrogens with zero attached hydrogens (tertiary/aromatic N) is 1. The van der Waals surface area contributed by atoms with Gasteiger partial charge in [0.05, 0.1) is 11.4 Å². The number of aryl methyl sites for hydroxylation is 3. The maximum atomic E-state index is 12.6. The van der Waals surface area contributed by atoms with Crippen LogP contribution in [0.1, 0.15) is 16.7 Å². The molecule has 3 N–H and O–H groups in total. The van der Waals surface area contributed by atoms with Crippen LogP contribution in [-0.4, -0.2) is 42.8 Å². The van der Waals surface area contributed by atoms with Crippen molar-refractivity contribution < 1.29 is 23.1 Å². The van der Waals surface area contributed by atoms with Gasteiger partial charge >= 0.3 is 5.97 Å². The number of carbonyl (C=O) groups is 2. The number of aliphatic carboxylic acids is 1. The summed E-state index contributed by atoms with van der Waals surface area (Å²) in [4.78, 5) is 21.9. The van der Waals surface area contributed by atoms with Crippen LogP contribution in [0, 0.1) is 20.8 Å². The topological polar surface area (TPSA) is 118 Å². The minimum Gasteiger partial charge on any atom is -0.480 e. The Morgan fingerprint density at radius 3 is 2.00 bits per heavy atom. The largest absolute Gasteiger partial charge is 0.480 e. The third kappa shape index (κ3) is 4.02. The van der Waals surface area contributed by atoms with Gasteiger partial charge in [-0.25, -0.2) is 8.42 Å². The predicted molar refractivity (Wildman–Crippen MR) is 76.2 cm³/mol. The van der Waals surface area contributed by atoms with Crippen LogP contribution < -0.4 is 5.73 Å². The summed E-state index contributed by atoms with van der Waals surface area (Å²) in [6.45, 7) is 3.57. The summed E-state index contributed by atoms with van der Waals surface area (Å²) in [6, 6.07) is 3.37. The molecule has 0 aliphatic rings. The average molecular weight is 314 g/mol. The lowest BCUT2D eigenvalue weighted by atomic mass is 10.1. The molecule has 0 bridgehead atoms. The van der Waals surface area contributed by atoms with Crippen LogP contribution in [0.4, 0.5) is 0 Å². The maximum absolute atomic E-state index is 12.6. The molecule has 0 aliphatic heterocycles. The van der Waals surface area contributed by atoms with Crippen LogP contribution in [0.2, 0.25) is 0 Å². The lowest BCUT2D eigenvalue weighted by molar-refractivity contribution is -0.137. The lowest BCUT2D eigenvalue weighted by Gasteiger charge is -2.21. The fourth-order valence-corrected chi connectivity index (χ4v) is 4.02. The van der Waals surface area contributed by atoms with Gasteiger partial charge in [0.25, 0.3) is 0 Å². The molecule has 0 aromatic heterocycles. The molecule has 8 heteroatoms. The van der Waals surface area contributed by atoms with Crippen LogP contribution in [0.3, 0.4) is 0 Å². The lowest BCUT2D eigenvalue weighted by Crippen LogP contribution is -2.41. The van der Waals surface area contributed by atoms with Gasteiger partial charge in [-0.05, 0) is 31.9 Å². The zero-order valence-corrected chi connectivity index (χ0v) is 12.9. The van der Waals surface area contributed by atoms with Crippen molar-refractivity contribution in [3.8, 4) is 0 Å². The molecule has 0 radical (unpaired) electrons. The Morgan fingerprint density at radius 1 is 1.14 bits per heavy atom. The van der Waals surface area contributed by atoms with E-state index in [1.54, 1.807) is 26.0 Å². The first kappa shape index (κ1) is 17.1. The van der Waals surface area contributed by atoms with E-state index >= 15 is 0 Å². The average Bonchev–Trinajstić information content (AvgIpc) is 2.24. The highest BCUT2D eigenvalue weighted by molar-refractivity contribution is 7.89. The highest BCUT2D eigenvalue weighted by Gasteiger charge is 2.30. The van der Waals surface area contributed by atoms with Gasteiger partial charge in [0.15, 0.2) is 0 Å². The molecule has 0 unspecified atom stereocenters. The normalized spacial score (nSPS) is 11.6. The number of rotatable bonds is 6. The second-order valence-corrected chi connectivity index (χ2v) is 6.74. The second-order valence-electron chi connectivity index (χ2n) is 4.86. The smallest absolute Gasteiger partial charge is 0.318 e. The molecule has 0 saturated heterocycles. The van der Waals surface area contributed by atoms with Gasteiger partial charge in [-0.15, -0.1) is 0 Å². The van der Waals surface area contributed by atoms with Gasteiger partial charge in [0, 0.05) is 0 Å². The van der Waals surface area contributed by atoms with Crippen molar-refractivity contribution >= 4 is 21.9 Å². The van der Waals surface area contributed by atoms with Gasteiger partial charge < -0.3 is 10.8 Å². The summed E-state index contributed by atoms with van der Waals surface area (Å²) in [5.74, 6) is -2.27. The molecule has 1 amide bonds. The van der Waals surface area contributed by atoms with E-state index in [0.29, 0.717) is 15.4 Å². The Hall–Kier alpha value is -1.93. The summed E-state index contributed by atoms with van der Waals surface area (Å²) in [6.07, 6.45) is 0. The number of carboxylic acids is 1. The summed E-state index contributed by atoms with van der Waals surface area (Å²) in [5, 5.41) is 8.83. The van der Waals surface area contributed by atoms with Gasteiger partial charge in [-0.1, -0.05) is 17.7 Å². The Morgan fingerprint density at radius 2 is 1.62 bits per heavy atom. The number of sulfonamides is 1. The number of amides is 1. The van der Waals surface area contributed by atoms with Crippen LogP contribution in [0.15, 0.2) is 17.0 Å². The molecule has 1 aromatic rings. The maximum Gasteiger partial charge on any atom is 0.318 e. The van der Waals surface area contributed by atoms with E-state index in [0.717, 1.165) is 5.56 Å². The molecule has 0 spiro atoms. The van der Waals surface area contributed by atoms with Gasteiger partial charge in [-0.3, -0.25) is 9.59 Å². The molecule has 21 heavy (non-hydrogen) atoms. The van der Waals surface area contributed by atoms with E-state index in [1.807, 2.05) is 6.92 Å². The zero-order valence-electron chi connectivity index (χ0n) is 12.1. The molecule has 0 atom stereocenters. The fraction of sp³-hybridized carbons (Fsp3) is 0.385. The quantitative estimate of drug-likeness (QED) is 0.776. The second kappa shape index (κ2) is 6.23. The van der Waals surface area contributed by atoms with Gasteiger partial charge in [0.1, 0.15) is 6.54 Å². The molecular weight excluding hydrogens is 296 g/mol. The van der Waals surface area contributed by atoms with Crippen molar-refractivity contribution in [2.75, 3.05) is 13.1 Å². The Balaban J connectivity index is 3.42. The zero-order chi connectivity index (χ0) is 16.4. The first-order chi connectivity index (χ1) is 9.55. The van der Waals surface area contributed by atoms with Crippen molar-refractivity contribution in [2.24, 2.45) is 5.73 Å². The van der Waals surface area contributed by atoms with Crippen molar-refractivity contribution in [2.45, 2.75) is 25.7 Å². The van der Waals surface area contributed by atoms with Crippen LogP contribution in [0.25, 0.3) is 0 Å². The summed E-state index contributed by atoms with van der Waals surface area (Å²) in [7, 11) is -4.12. The van der Waals surface area contributed by atoms with E-state index < -0.39 is 35.0 Å². The van der Waals surface area contributed by atoms with Crippen molar-refractivity contribution in [1.29, 1.82) is 0 Å². The Labute approximate surface area is 123 Å². The van der Waals surface area contributed by atoms with Crippen LogP contribution in [-0.2, 0) is 19.6 Å². The molecule has 1 aromatic carbocycles. The van der Waals surface area contributed by atoms with E-state index in [9.17, 15) is 18.0 Å². The predicted octanol–water partition coefficient (Wildman–Crippen LogP) is 0.172. The van der Waals surface area contributed by atoms with Crippen LogP contribution in [0.5, 0.6) is 0 Å². The van der Waals surface area contributed by atoms with E-state index in [-0.39, 0.29) is 4.90 Å². The van der Waals surface area contributed by atoms with Gasteiger partial charge in [0.2, 0.25) is 15.9 Å². The molecule has 7 nitrogen and oxygen atoms in total. The standard InChI is InChI=1S/C13H18N2O5S/c1-8-4-9(2)13(10(3)5-8)21(19,20)15(6-11(14)16)7-12(17)18/h4-5H,6-7H2,1-3H3,(H2,14,16)(H,17,18). The van der Waals surface area contributed by atoms with E-state index in [1.165, 1.54) is 0 Å². The summed E-state index contributed by atoms with van der Waals surface area (Å²) >= 11 is 0. The minimum absolute atomic E-state index is 0.00981. The number of primary amides is 1. The highest BCUT2D eigenvalue weighted by Crippen LogP contribution is 2.25. The van der Waals surface area contributed by atoms with E-state index in [2.05, 4.69) is 0 Å². The molecule has 0 aliphatic carbocycles. The first-order valence-electron chi connectivity index (χ1n) is 6.13. The molecular formula is C13H18N2O5S. The Bertz CT molecular complexity index is 643. The number of hydrogen-bond donors (Lipinski definition) is 2. The SMILES string of the molecule is Cc1cc(C)c(S(=O)(=O)N(CC(N)=O)CC(=O)O)c(C)c1.